The van der Waals surface area contributed by atoms with Crippen LogP contribution >= 0.6 is 0 Å². The Balaban J connectivity index is 2.40. The van der Waals surface area contributed by atoms with Crippen LogP contribution in [0.4, 0.5) is 0 Å². The highest BCUT2D eigenvalue weighted by molar-refractivity contribution is 5.74. The Morgan fingerprint density at radius 3 is 2.89 bits per heavy atom. The molecule has 0 aliphatic rings. The third-order valence-electron chi connectivity index (χ3n) is 2.58. The Morgan fingerprint density at radius 2 is 2.21 bits per heavy atom. The van der Waals surface area contributed by atoms with Crippen molar-refractivity contribution in [3.63, 3.8) is 0 Å². The van der Waals surface area contributed by atoms with Crippen LogP contribution in [0.15, 0.2) is 36.5 Å². The van der Waals surface area contributed by atoms with Crippen molar-refractivity contribution in [3.8, 4) is 17.0 Å². The summed E-state index contributed by atoms with van der Waals surface area (Å²) in [6, 6.07) is 7.75. The number of carbonyl (C=O) groups is 1. The first-order chi connectivity index (χ1) is 9.11. The van der Waals surface area contributed by atoms with Gasteiger partial charge in [0, 0.05) is 11.8 Å². The Kier molecular flexibility index (Phi) is 3.72. The van der Waals surface area contributed by atoms with E-state index in [2.05, 4.69) is 9.97 Å². The van der Waals surface area contributed by atoms with Gasteiger partial charge < -0.3 is 15.6 Å². The van der Waals surface area contributed by atoms with Crippen LogP contribution in [0.2, 0.25) is 0 Å². The molecule has 0 aliphatic carbocycles. The van der Waals surface area contributed by atoms with Crippen LogP contribution in [-0.2, 0) is 4.79 Å². The number of benzene rings is 1. The minimum absolute atomic E-state index is 0.0767. The maximum atomic E-state index is 10.8. The van der Waals surface area contributed by atoms with Gasteiger partial charge in [-0.3, -0.25) is 4.79 Å². The first-order valence-corrected chi connectivity index (χ1v) is 5.57. The van der Waals surface area contributed by atoms with Gasteiger partial charge in [0.2, 0.25) is 0 Å². The summed E-state index contributed by atoms with van der Waals surface area (Å²) in [6.45, 7) is 0. The molecule has 0 saturated carbocycles. The molecule has 6 heteroatoms. The van der Waals surface area contributed by atoms with Crippen LogP contribution in [0.3, 0.4) is 0 Å². The lowest BCUT2D eigenvalue weighted by molar-refractivity contribution is -0.138. The third-order valence-corrected chi connectivity index (χ3v) is 2.58. The fraction of sp³-hybridized carbons (Fsp3) is 0.154. The lowest BCUT2D eigenvalue weighted by Gasteiger charge is -2.08. The summed E-state index contributed by atoms with van der Waals surface area (Å²) in [6.07, 6.45) is 1.49. The summed E-state index contributed by atoms with van der Waals surface area (Å²) < 4.78 is 5.13. The molecule has 98 valence electrons. The van der Waals surface area contributed by atoms with E-state index in [0.29, 0.717) is 11.4 Å². The minimum atomic E-state index is -1.23. The number of carboxylic acid groups (broad SMARTS) is 1. The molecule has 0 aliphatic heterocycles. The van der Waals surface area contributed by atoms with Gasteiger partial charge in [-0.25, -0.2) is 9.97 Å². The number of nitrogens with zero attached hydrogens (tertiary/aromatic N) is 2. The summed E-state index contributed by atoms with van der Waals surface area (Å²) in [5.74, 6) is -0.393. The summed E-state index contributed by atoms with van der Waals surface area (Å²) in [5.41, 5.74) is 6.90. The van der Waals surface area contributed by atoms with E-state index < -0.39 is 12.0 Å². The van der Waals surface area contributed by atoms with Gasteiger partial charge in [0.15, 0.2) is 11.9 Å². The standard InChI is InChI=1S/C13H13N3O3/c1-19-9-4-2-3-8(7-9)10-5-6-15-12(16-10)11(14)13(17)18/h2-7,11H,14H2,1H3,(H,17,18). The van der Waals surface area contributed by atoms with E-state index >= 15 is 0 Å². The Hall–Kier alpha value is -2.47. The predicted octanol–water partition coefficient (Wildman–Crippen LogP) is 1.24. The van der Waals surface area contributed by atoms with E-state index in [-0.39, 0.29) is 5.82 Å². The van der Waals surface area contributed by atoms with E-state index in [1.807, 2.05) is 18.2 Å². The van der Waals surface area contributed by atoms with Crippen LogP contribution in [0.1, 0.15) is 11.9 Å². The molecule has 0 amide bonds. The summed E-state index contributed by atoms with van der Waals surface area (Å²) in [5, 5.41) is 8.85. The molecule has 1 unspecified atom stereocenters. The van der Waals surface area contributed by atoms with Crippen LogP contribution in [0.5, 0.6) is 5.75 Å². The van der Waals surface area contributed by atoms with Crippen molar-refractivity contribution in [2.45, 2.75) is 6.04 Å². The number of carboxylic acids is 1. The molecule has 0 saturated heterocycles. The van der Waals surface area contributed by atoms with E-state index in [1.165, 1.54) is 6.20 Å². The normalized spacial score (nSPS) is 11.9. The average Bonchev–Trinajstić information content (AvgIpc) is 2.46. The number of aromatic nitrogens is 2. The summed E-state index contributed by atoms with van der Waals surface area (Å²) in [4.78, 5) is 18.9. The quantitative estimate of drug-likeness (QED) is 0.857. The lowest BCUT2D eigenvalue weighted by atomic mass is 10.1. The van der Waals surface area contributed by atoms with Crippen molar-refractivity contribution < 1.29 is 14.6 Å². The van der Waals surface area contributed by atoms with Crippen LogP contribution < -0.4 is 10.5 Å². The number of rotatable bonds is 4. The molecular weight excluding hydrogens is 246 g/mol. The zero-order chi connectivity index (χ0) is 13.8. The smallest absolute Gasteiger partial charge is 0.328 e. The molecule has 6 nitrogen and oxygen atoms in total. The molecule has 0 bridgehead atoms. The Bertz CT molecular complexity index is 601. The first-order valence-electron chi connectivity index (χ1n) is 5.57. The topological polar surface area (TPSA) is 98.3 Å². The van der Waals surface area contributed by atoms with Crippen LogP contribution in [0.25, 0.3) is 11.3 Å². The van der Waals surface area contributed by atoms with Gasteiger partial charge in [0.05, 0.1) is 12.8 Å². The second kappa shape index (κ2) is 5.45. The predicted molar refractivity (Wildman–Crippen MR) is 68.6 cm³/mol. The monoisotopic (exact) mass is 259 g/mol. The lowest BCUT2D eigenvalue weighted by Crippen LogP contribution is -2.23. The number of aliphatic carboxylic acids is 1. The van der Waals surface area contributed by atoms with Crippen molar-refractivity contribution in [3.05, 3.63) is 42.4 Å². The largest absolute Gasteiger partial charge is 0.497 e. The van der Waals surface area contributed by atoms with Gasteiger partial charge in [-0.1, -0.05) is 12.1 Å². The van der Waals surface area contributed by atoms with Gasteiger partial charge in [0.1, 0.15) is 5.75 Å². The van der Waals surface area contributed by atoms with Crippen molar-refractivity contribution in [2.75, 3.05) is 7.11 Å². The van der Waals surface area contributed by atoms with Gasteiger partial charge in [0.25, 0.3) is 0 Å². The van der Waals surface area contributed by atoms with Crippen molar-refractivity contribution in [1.29, 1.82) is 0 Å². The average molecular weight is 259 g/mol. The molecule has 1 aromatic heterocycles. The highest BCUT2D eigenvalue weighted by Gasteiger charge is 2.17. The molecule has 2 rings (SSSR count). The number of hydrogen-bond donors (Lipinski definition) is 2. The molecule has 0 spiro atoms. The van der Waals surface area contributed by atoms with Crippen molar-refractivity contribution >= 4 is 5.97 Å². The van der Waals surface area contributed by atoms with E-state index in [0.717, 1.165) is 5.56 Å². The molecule has 19 heavy (non-hydrogen) atoms. The molecule has 0 fully saturated rings. The van der Waals surface area contributed by atoms with Crippen LogP contribution in [0, 0.1) is 0 Å². The van der Waals surface area contributed by atoms with Gasteiger partial charge in [-0.05, 0) is 18.2 Å². The molecule has 1 atom stereocenters. The zero-order valence-electron chi connectivity index (χ0n) is 10.3. The Labute approximate surface area is 109 Å². The molecule has 1 aromatic carbocycles. The third kappa shape index (κ3) is 2.86. The van der Waals surface area contributed by atoms with Crippen molar-refractivity contribution in [2.24, 2.45) is 5.73 Å². The minimum Gasteiger partial charge on any atom is -0.497 e. The maximum Gasteiger partial charge on any atom is 0.328 e. The molecular formula is C13H13N3O3. The molecule has 2 aromatic rings. The van der Waals surface area contributed by atoms with E-state index in [9.17, 15) is 4.79 Å². The Morgan fingerprint density at radius 1 is 1.42 bits per heavy atom. The summed E-state index contributed by atoms with van der Waals surface area (Å²) >= 11 is 0. The fourth-order valence-corrected chi connectivity index (χ4v) is 1.58. The molecule has 3 N–H and O–H groups in total. The van der Waals surface area contributed by atoms with Gasteiger partial charge >= 0.3 is 5.97 Å². The first kappa shape index (κ1) is 13.0. The number of nitrogens with two attached hydrogens (primary N) is 1. The van der Waals surface area contributed by atoms with E-state index in [1.54, 1.807) is 19.2 Å². The number of ether oxygens (including phenoxy) is 1. The SMILES string of the molecule is COc1cccc(-c2ccnc(C(N)C(=O)O)n2)c1. The highest BCUT2D eigenvalue weighted by Crippen LogP contribution is 2.22. The molecule has 1 heterocycles. The second-order valence-electron chi connectivity index (χ2n) is 3.85. The van der Waals surface area contributed by atoms with Crippen LogP contribution in [-0.4, -0.2) is 28.2 Å². The van der Waals surface area contributed by atoms with Gasteiger partial charge in [-0.15, -0.1) is 0 Å². The highest BCUT2D eigenvalue weighted by atomic mass is 16.5. The van der Waals surface area contributed by atoms with E-state index in [4.69, 9.17) is 15.6 Å². The maximum absolute atomic E-state index is 10.8. The zero-order valence-corrected chi connectivity index (χ0v) is 10.3. The van der Waals surface area contributed by atoms with Crippen molar-refractivity contribution in [1.82, 2.24) is 9.97 Å². The second-order valence-corrected chi connectivity index (χ2v) is 3.85. The summed E-state index contributed by atoms with van der Waals surface area (Å²) in [7, 11) is 1.57. The fourth-order valence-electron chi connectivity index (χ4n) is 1.58. The number of hydrogen-bond acceptors (Lipinski definition) is 5. The number of methoxy groups -OCH3 is 1. The van der Waals surface area contributed by atoms with Gasteiger partial charge in [-0.2, -0.15) is 0 Å². The molecule has 0 radical (unpaired) electrons.